The number of carbonyl (C=O) groups is 1. The van der Waals surface area contributed by atoms with Crippen LogP contribution in [0, 0.1) is 0 Å². The average Bonchev–Trinajstić information content (AvgIpc) is 2.66. The van der Waals surface area contributed by atoms with E-state index in [1.54, 1.807) is 29.4 Å². The summed E-state index contributed by atoms with van der Waals surface area (Å²) >= 11 is 0. The number of ether oxygens (including phenoxy) is 1. The molecule has 3 rings (SSSR count). The largest absolute Gasteiger partial charge is 0.373 e. The summed E-state index contributed by atoms with van der Waals surface area (Å²) < 4.78 is 34.4. The number of hydrogen-bond donors (Lipinski definition) is 0. The highest BCUT2D eigenvalue weighted by Crippen LogP contribution is 2.19. The third kappa shape index (κ3) is 4.92. The minimum atomic E-state index is -3.53. The highest BCUT2D eigenvalue weighted by atomic mass is 32.2. The summed E-state index contributed by atoms with van der Waals surface area (Å²) in [5.74, 6) is -0.121. The van der Waals surface area contributed by atoms with Gasteiger partial charge in [-0.1, -0.05) is 6.07 Å². The lowest BCUT2D eigenvalue weighted by Gasteiger charge is -2.40. The number of rotatable bonds is 4. The average molecular weight is 394 g/mol. The molecule has 8 nitrogen and oxygen atoms in total. The number of morpholine rings is 1. The number of carbonyl (C=O) groups excluding carboxylic acids is 1. The molecule has 0 radical (unpaired) electrons. The maximum Gasteiger partial charge on any atom is 0.282 e. The van der Waals surface area contributed by atoms with Crippen molar-refractivity contribution in [3.63, 3.8) is 0 Å². The van der Waals surface area contributed by atoms with E-state index >= 15 is 0 Å². The standard InChI is InChI=1S/C18H26N4O4S/c1-15-13-22(14-16(2)26-15)27(24,25)21-10-8-20(9-11-21)18(23)6-5-17-4-3-7-19-12-17/h3-7,12,15-16H,8-11,13-14H2,1-2H3/b6-5+. The number of piperazine rings is 1. The van der Waals surface area contributed by atoms with Gasteiger partial charge >= 0.3 is 0 Å². The molecule has 1 amide bonds. The van der Waals surface area contributed by atoms with Crippen LogP contribution in [0.15, 0.2) is 30.6 Å². The van der Waals surface area contributed by atoms with Crippen molar-refractivity contribution in [1.29, 1.82) is 0 Å². The van der Waals surface area contributed by atoms with Crippen LogP contribution in [-0.2, 0) is 19.7 Å². The van der Waals surface area contributed by atoms with Gasteiger partial charge in [-0.15, -0.1) is 0 Å². The zero-order valence-corrected chi connectivity index (χ0v) is 16.5. The maximum absolute atomic E-state index is 12.9. The van der Waals surface area contributed by atoms with Crippen LogP contribution in [0.5, 0.6) is 0 Å². The molecule has 0 aliphatic carbocycles. The van der Waals surface area contributed by atoms with Gasteiger partial charge in [0.15, 0.2) is 0 Å². The normalized spacial score (nSPS) is 25.8. The molecule has 0 aromatic carbocycles. The second-order valence-electron chi connectivity index (χ2n) is 6.93. The van der Waals surface area contributed by atoms with Crippen molar-refractivity contribution in [3.05, 3.63) is 36.2 Å². The van der Waals surface area contributed by atoms with E-state index in [1.807, 2.05) is 19.9 Å². The lowest BCUT2D eigenvalue weighted by Crippen LogP contribution is -2.57. The Morgan fingerprint density at radius 2 is 1.81 bits per heavy atom. The molecule has 0 spiro atoms. The molecular formula is C18H26N4O4S. The molecule has 0 saturated carbocycles. The quantitative estimate of drug-likeness (QED) is 0.698. The first kappa shape index (κ1) is 19.9. The molecule has 2 aliphatic heterocycles. The van der Waals surface area contributed by atoms with Crippen LogP contribution in [0.1, 0.15) is 19.4 Å². The Balaban J connectivity index is 1.56. The van der Waals surface area contributed by atoms with Crippen LogP contribution in [0.25, 0.3) is 6.08 Å². The first-order valence-corrected chi connectivity index (χ1v) is 10.5. The molecule has 148 valence electrons. The van der Waals surface area contributed by atoms with Crippen molar-refractivity contribution in [2.24, 2.45) is 0 Å². The van der Waals surface area contributed by atoms with Crippen LogP contribution in [0.4, 0.5) is 0 Å². The Bertz CT molecular complexity index is 766. The van der Waals surface area contributed by atoms with Gasteiger partial charge in [-0.25, -0.2) is 0 Å². The molecule has 2 unspecified atom stereocenters. The van der Waals surface area contributed by atoms with Gasteiger partial charge in [-0.05, 0) is 31.6 Å². The molecule has 2 saturated heterocycles. The van der Waals surface area contributed by atoms with Gasteiger partial charge in [0.25, 0.3) is 10.2 Å². The predicted molar refractivity (Wildman–Crippen MR) is 102 cm³/mol. The van der Waals surface area contributed by atoms with Crippen LogP contribution < -0.4 is 0 Å². The van der Waals surface area contributed by atoms with E-state index in [1.165, 1.54) is 14.7 Å². The highest BCUT2D eigenvalue weighted by molar-refractivity contribution is 7.86. The van der Waals surface area contributed by atoms with Crippen molar-refractivity contribution in [2.45, 2.75) is 26.1 Å². The third-order valence-electron chi connectivity index (χ3n) is 4.69. The summed E-state index contributed by atoms with van der Waals surface area (Å²) in [4.78, 5) is 18.0. The Kier molecular flexibility index (Phi) is 6.25. The highest BCUT2D eigenvalue weighted by Gasteiger charge is 2.37. The number of amides is 1. The van der Waals surface area contributed by atoms with Gasteiger partial charge in [-0.2, -0.15) is 17.0 Å². The van der Waals surface area contributed by atoms with Crippen molar-refractivity contribution in [1.82, 2.24) is 18.5 Å². The van der Waals surface area contributed by atoms with E-state index in [9.17, 15) is 13.2 Å². The monoisotopic (exact) mass is 394 g/mol. The second kappa shape index (κ2) is 8.47. The van der Waals surface area contributed by atoms with Crippen molar-refractivity contribution in [3.8, 4) is 0 Å². The van der Waals surface area contributed by atoms with E-state index in [0.717, 1.165) is 5.56 Å². The van der Waals surface area contributed by atoms with Gasteiger partial charge < -0.3 is 9.64 Å². The molecule has 0 bridgehead atoms. The number of aromatic nitrogens is 1. The molecule has 3 heterocycles. The number of hydrogen-bond acceptors (Lipinski definition) is 5. The first-order chi connectivity index (χ1) is 12.9. The molecule has 1 aromatic rings. The molecule has 1 aromatic heterocycles. The lowest BCUT2D eigenvalue weighted by atomic mass is 10.2. The summed E-state index contributed by atoms with van der Waals surface area (Å²) in [6.07, 6.45) is 6.34. The Labute approximate surface area is 160 Å². The minimum absolute atomic E-state index is 0.121. The summed E-state index contributed by atoms with van der Waals surface area (Å²) in [6, 6.07) is 3.67. The van der Waals surface area contributed by atoms with Crippen molar-refractivity contribution >= 4 is 22.2 Å². The number of nitrogens with zero attached hydrogens (tertiary/aromatic N) is 4. The summed E-state index contributed by atoms with van der Waals surface area (Å²) in [7, 11) is -3.53. The molecule has 9 heteroatoms. The zero-order chi connectivity index (χ0) is 19.4. The van der Waals surface area contributed by atoms with Gasteiger partial charge in [0.2, 0.25) is 5.91 Å². The fourth-order valence-electron chi connectivity index (χ4n) is 3.37. The summed E-state index contributed by atoms with van der Waals surface area (Å²) in [5, 5.41) is 0. The van der Waals surface area contributed by atoms with Gasteiger partial charge in [-0.3, -0.25) is 9.78 Å². The fraction of sp³-hybridized carbons (Fsp3) is 0.556. The Morgan fingerprint density at radius 3 is 2.41 bits per heavy atom. The van der Waals surface area contributed by atoms with Crippen LogP contribution in [0.3, 0.4) is 0 Å². The molecule has 27 heavy (non-hydrogen) atoms. The van der Waals surface area contributed by atoms with Crippen LogP contribution in [-0.4, -0.2) is 84.3 Å². The lowest BCUT2D eigenvalue weighted by molar-refractivity contribution is -0.127. The second-order valence-corrected chi connectivity index (χ2v) is 8.85. The minimum Gasteiger partial charge on any atom is -0.373 e. The van der Waals surface area contributed by atoms with E-state index in [4.69, 9.17) is 4.74 Å². The van der Waals surface area contributed by atoms with Crippen LogP contribution in [0.2, 0.25) is 0 Å². The van der Waals surface area contributed by atoms with Gasteiger partial charge in [0.05, 0.1) is 12.2 Å². The Hall–Kier alpha value is -1.81. The summed E-state index contributed by atoms with van der Waals surface area (Å²) in [5.41, 5.74) is 0.850. The zero-order valence-electron chi connectivity index (χ0n) is 15.7. The number of pyridine rings is 1. The predicted octanol–water partition coefficient (Wildman–Crippen LogP) is 0.593. The fourth-order valence-corrected chi connectivity index (χ4v) is 5.12. The Morgan fingerprint density at radius 1 is 1.15 bits per heavy atom. The first-order valence-electron chi connectivity index (χ1n) is 9.14. The SMILES string of the molecule is CC1CN(S(=O)(=O)N2CCN(C(=O)/C=C/c3cccnc3)CC2)CC(C)O1. The van der Waals surface area contributed by atoms with E-state index in [0.29, 0.717) is 39.3 Å². The molecule has 0 N–H and O–H groups in total. The maximum atomic E-state index is 12.9. The smallest absolute Gasteiger partial charge is 0.282 e. The van der Waals surface area contributed by atoms with E-state index < -0.39 is 10.2 Å². The topological polar surface area (TPSA) is 83.1 Å². The molecule has 2 aliphatic rings. The summed E-state index contributed by atoms with van der Waals surface area (Å²) in [6.45, 7) is 5.84. The molecule has 2 atom stereocenters. The van der Waals surface area contributed by atoms with Gasteiger partial charge in [0, 0.05) is 57.7 Å². The van der Waals surface area contributed by atoms with Crippen molar-refractivity contribution in [2.75, 3.05) is 39.3 Å². The molecular weight excluding hydrogens is 368 g/mol. The van der Waals surface area contributed by atoms with E-state index in [2.05, 4.69) is 4.98 Å². The van der Waals surface area contributed by atoms with Crippen LogP contribution >= 0.6 is 0 Å². The van der Waals surface area contributed by atoms with E-state index in [-0.39, 0.29) is 18.1 Å². The van der Waals surface area contributed by atoms with Crippen molar-refractivity contribution < 1.29 is 17.9 Å². The third-order valence-corrected chi connectivity index (χ3v) is 6.66. The molecule has 2 fully saturated rings. The van der Waals surface area contributed by atoms with Gasteiger partial charge in [0.1, 0.15) is 0 Å².